The number of phenols is 2. The van der Waals surface area contributed by atoms with Gasteiger partial charge in [-0.15, -0.1) is 0 Å². The van der Waals surface area contributed by atoms with Crippen molar-refractivity contribution in [2.75, 3.05) is 14.2 Å². The van der Waals surface area contributed by atoms with Crippen LogP contribution in [0, 0.1) is 0 Å². The Morgan fingerprint density at radius 3 is 2.47 bits per heavy atom. The highest BCUT2D eigenvalue weighted by molar-refractivity contribution is 6.31. The molecule has 0 aliphatic heterocycles. The number of carbonyl (C=O) groups is 1. The topological polar surface area (TPSA) is 118 Å². The van der Waals surface area contributed by atoms with Crippen molar-refractivity contribution in [1.82, 2.24) is 15.2 Å². The molecular weight excluding hydrogens is 484 g/mol. The predicted octanol–water partition coefficient (Wildman–Crippen LogP) is 4.44. The summed E-state index contributed by atoms with van der Waals surface area (Å²) < 4.78 is 12.5. The first-order chi connectivity index (χ1) is 17.4. The van der Waals surface area contributed by atoms with Gasteiger partial charge < -0.3 is 19.7 Å². The molecular formula is C26H23ClN4O5. The zero-order valence-electron chi connectivity index (χ0n) is 19.5. The normalized spacial score (nSPS) is 11.0. The SMILES string of the molecule is COc1ccc(-c2nn(Cc3ccccc3Cl)cc2/C=N/NC(=O)c2cc(O)cc(O)c2)cc1OC. The summed E-state index contributed by atoms with van der Waals surface area (Å²) in [6.45, 7) is 0.419. The lowest BCUT2D eigenvalue weighted by Crippen LogP contribution is -2.17. The second-order valence-electron chi connectivity index (χ2n) is 7.73. The third-order valence-corrected chi connectivity index (χ3v) is 5.64. The number of benzene rings is 3. The van der Waals surface area contributed by atoms with E-state index in [1.165, 1.54) is 18.3 Å². The molecule has 9 nitrogen and oxygen atoms in total. The Morgan fingerprint density at radius 2 is 1.78 bits per heavy atom. The van der Waals surface area contributed by atoms with Crippen LogP contribution in [0.25, 0.3) is 11.3 Å². The van der Waals surface area contributed by atoms with E-state index in [2.05, 4.69) is 10.5 Å². The van der Waals surface area contributed by atoms with Crippen LogP contribution in [0.4, 0.5) is 0 Å². The molecule has 0 atom stereocenters. The van der Waals surface area contributed by atoms with Crippen molar-refractivity contribution in [3.05, 3.63) is 88.6 Å². The molecule has 0 aliphatic rings. The summed E-state index contributed by atoms with van der Waals surface area (Å²) in [5.41, 5.74) is 5.30. The molecule has 4 aromatic rings. The number of nitrogens with zero attached hydrogens (tertiary/aromatic N) is 3. The molecule has 1 heterocycles. The molecule has 1 amide bonds. The summed E-state index contributed by atoms with van der Waals surface area (Å²) in [5.74, 6) is 0.0409. The van der Waals surface area contributed by atoms with E-state index >= 15 is 0 Å². The van der Waals surface area contributed by atoms with Crippen LogP contribution in [0.5, 0.6) is 23.0 Å². The van der Waals surface area contributed by atoms with Crippen LogP contribution >= 0.6 is 11.6 Å². The number of methoxy groups -OCH3 is 2. The highest BCUT2D eigenvalue weighted by atomic mass is 35.5. The number of halogens is 1. The van der Waals surface area contributed by atoms with Crippen molar-refractivity contribution >= 4 is 23.7 Å². The van der Waals surface area contributed by atoms with Gasteiger partial charge in [0.1, 0.15) is 17.2 Å². The number of amides is 1. The fraction of sp³-hybridized carbons (Fsp3) is 0.115. The molecule has 0 unspecified atom stereocenters. The Kier molecular flexibility index (Phi) is 7.41. The average molecular weight is 507 g/mol. The number of hydrogen-bond donors (Lipinski definition) is 3. The molecule has 0 fully saturated rings. The summed E-state index contributed by atoms with van der Waals surface area (Å²) in [7, 11) is 3.11. The van der Waals surface area contributed by atoms with Gasteiger partial charge in [0, 0.05) is 34.0 Å². The molecule has 0 radical (unpaired) electrons. The van der Waals surface area contributed by atoms with Crippen molar-refractivity contribution in [3.8, 4) is 34.3 Å². The molecule has 0 saturated heterocycles. The van der Waals surface area contributed by atoms with E-state index in [4.69, 9.17) is 26.2 Å². The Balaban J connectivity index is 1.66. The maximum Gasteiger partial charge on any atom is 0.271 e. The predicted molar refractivity (Wildman–Crippen MR) is 136 cm³/mol. The van der Waals surface area contributed by atoms with Gasteiger partial charge in [-0.2, -0.15) is 10.2 Å². The van der Waals surface area contributed by atoms with Gasteiger partial charge in [-0.3, -0.25) is 9.48 Å². The molecule has 3 aromatic carbocycles. The van der Waals surface area contributed by atoms with Gasteiger partial charge in [0.05, 0.1) is 27.0 Å². The summed E-state index contributed by atoms with van der Waals surface area (Å²) in [5, 5.41) is 28.6. The number of aromatic hydroxyl groups is 2. The average Bonchev–Trinajstić information content (AvgIpc) is 3.26. The van der Waals surface area contributed by atoms with E-state index in [1.807, 2.05) is 30.3 Å². The van der Waals surface area contributed by atoms with E-state index in [0.29, 0.717) is 34.3 Å². The highest BCUT2D eigenvalue weighted by Gasteiger charge is 2.15. The van der Waals surface area contributed by atoms with Crippen molar-refractivity contribution < 1.29 is 24.5 Å². The maximum atomic E-state index is 12.4. The van der Waals surface area contributed by atoms with Crippen molar-refractivity contribution in [3.63, 3.8) is 0 Å². The zero-order chi connectivity index (χ0) is 25.7. The smallest absolute Gasteiger partial charge is 0.271 e. The number of nitrogens with one attached hydrogen (secondary N) is 1. The number of rotatable bonds is 8. The molecule has 0 aliphatic carbocycles. The summed E-state index contributed by atoms with van der Waals surface area (Å²) >= 11 is 6.33. The third kappa shape index (κ3) is 5.59. The van der Waals surface area contributed by atoms with Crippen LogP contribution in [0.15, 0.2) is 72.0 Å². The fourth-order valence-corrected chi connectivity index (χ4v) is 3.77. The minimum atomic E-state index is -0.603. The number of phenolic OH excluding ortho intramolecular Hbond substituents is 2. The maximum absolute atomic E-state index is 12.4. The van der Waals surface area contributed by atoms with Gasteiger partial charge in [-0.1, -0.05) is 29.8 Å². The zero-order valence-corrected chi connectivity index (χ0v) is 20.2. The van der Waals surface area contributed by atoms with Gasteiger partial charge >= 0.3 is 0 Å². The van der Waals surface area contributed by atoms with E-state index in [-0.39, 0.29) is 17.1 Å². The first-order valence-electron chi connectivity index (χ1n) is 10.8. The van der Waals surface area contributed by atoms with Gasteiger partial charge in [0.15, 0.2) is 11.5 Å². The van der Waals surface area contributed by atoms with Crippen molar-refractivity contribution in [1.29, 1.82) is 0 Å². The van der Waals surface area contributed by atoms with Crippen LogP contribution in [0.3, 0.4) is 0 Å². The third-order valence-electron chi connectivity index (χ3n) is 5.27. The summed E-state index contributed by atoms with van der Waals surface area (Å²) in [6.07, 6.45) is 3.24. The molecule has 0 bridgehead atoms. The molecule has 1 aromatic heterocycles. The molecule has 36 heavy (non-hydrogen) atoms. The van der Waals surface area contributed by atoms with Crippen LogP contribution in [-0.4, -0.2) is 46.3 Å². The summed E-state index contributed by atoms with van der Waals surface area (Å²) in [4.78, 5) is 12.4. The number of aromatic nitrogens is 2. The number of ether oxygens (including phenoxy) is 2. The second-order valence-corrected chi connectivity index (χ2v) is 8.14. The largest absolute Gasteiger partial charge is 0.508 e. The van der Waals surface area contributed by atoms with Crippen LogP contribution < -0.4 is 14.9 Å². The molecule has 0 saturated carbocycles. The van der Waals surface area contributed by atoms with Gasteiger partial charge in [-0.05, 0) is 42.0 Å². The van der Waals surface area contributed by atoms with Crippen LogP contribution in [0.1, 0.15) is 21.5 Å². The van der Waals surface area contributed by atoms with Crippen LogP contribution in [-0.2, 0) is 6.54 Å². The first kappa shape index (κ1) is 24.6. The van der Waals surface area contributed by atoms with E-state index in [0.717, 1.165) is 17.2 Å². The molecule has 10 heteroatoms. The fourth-order valence-electron chi connectivity index (χ4n) is 3.57. The second kappa shape index (κ2) is 10.8. The lowest BCUT2D eigenvalue weighted by atomic mass is 10.1. The van der Waals surface area contributed by atoms with Crippen LogP contribution in [0.2, 0.25) is 5.02 Å². The minimum absolute atomic E-state index is 0.0548. The molecule has 0 spiro atoms. The Bertz CT molecular complexity index is 1410. The number of carbonyl (C=O) groups excluding carboxylic acids is 1. The Morgan fingerprint density at radius 1 is 1.06 bits per heavy atom. The van der Waals surface area contributed by atoms with Crippen molar-refractivity contribution in [2.24, 2.45) is 5.10 Å². The Labute approximate surface area is 212 Å². The lowest BCUT2D eigenvalue weighted by molar-refractivity contribution is 0.0954. The quantitative estimate of drug-likeness (QED) is 0.240. The monoisotopic (exact) mass is 506 g/mol. The minimum Gasteiger partial charge on any atom is -0.508 e. The first-order valence-corrected chi connectivity index (χ1v) is 11.2. The van der Waals surface area contributed by atoms with E-state index in [1.54, 1.807) is 37.2 Å². The van der Waals surface area contributed by atoms with Gasteiger partial charge in [-0.25, -0.2) is 5.43 Å². The number of hydrazone groups is 1. The lowest BCUT2D eigenvalue weighted by Gasteiger charge is -2.09. The molecule has 3 N–H and O–H groups in total. The van der Waals surface area contributed by atoms with Gasteiger partial charge in [0.25, 0.3) is 5.91 Å². The Hall–Kier alpha value is -4.50. The van der Waals surface area contributed by atoms with E-state index in [9.17, 15) is 15.0 Å². The van der Waals surface area contributed by atoms with Crippen molar-refractivity contribution in [2.45, 2.75) is 6.54 Å². The number of hydrogen-bond acceptors (Lipinski definition) is 7. The van der Waals surface area contributed by atoms with Gasteiger partial charge in [0.2, 0.25) is 0 Å². The highest BCUT2D eigenvalue weighted by Crippen LogP contribution is 2.33. The molecule has 184 valence electrons. The standard InChI is InChI=1S/C26H23ClN4O5/c1-35-23-8-7-16(11-24(23)36-2)25-19(15-31(30-25)14-17-5-3-4-6-22(17)27)13-28-29-26(34)18-9-20(32)12-21(33)10-18/h3-13,15,32-33H,14H2,1-2H3,(H,29,34)/b28-13+. The summed E-state index contributed by atoms with van der Waals surface area (Å²) in [6, 6.07) is 16.5. The molecule has 4 rings (SSSR count). The van der Waals surface area contributed by atoms with E-state index < -0.39 is 5.91 Å².